The van der Waals surface area contributed by atoms with E-state index in [0.717, 1.165) is 48.1 Å². The summed E-state index contributed by atoms with van der Waals surface area (Å²) >= 11 is 0. The van der Waals surface area contributed by atoms with Crippen molar-refractivity contribution in [3.05, 3.63) is 59.8 Å². The van der Waals surface area contributed by atoms with Gasteiger partial charge in [0.05, 0.1) is 18.5 Å². The van der Waals surface area contributed by atoms with E-state index in [0.29, 0.717) is 24.8 Å². The van der Waals surface area contributed by atoms with E-state index < -0.39 is 0 Å². The zero-order valence-electron chi connectivity index (χ0n) is 15.1. The summed E-state index contributed by atoms with van der Waals surface area (Å²) in [6.07, 6.45) is 6.21. The predicted octanol–water partition coefficient (Wildman–Crippen LogP) is 2.87. The molecule has 1 N–H and O–H groups in total. The lowest BCUT2D eigenvalue weighted by molar-refractivity contribution is 0.207. The van der Waals surface area contributed by atoms with Crippen molar-refractivity contribution in [1.29, 1.82) is 5.26 Å². The van der Waals surface area contributed by atoms with Crippen LogP contribution < -0.4 is 10.1 Å². The highest BCUT2D eigenvalue weighted by Gasteiger charge is 2.16. The Kier molecular flexibility index (Phi) is 5.22. The van der Waals surface area contributed by atoms with E-state index in [1.165, 1.54) is 0 Å². The van der Waals surface area contributed by atoms with Crippen LogP contribution in [0.2, 0.25) is 0 Å². The molecule has 6 heteroatoms. The molecule has 1 aliphatic heterocycles. The van der Waals surface area contributed by atoms with E-state index in [1.807, 2.05) is 24.4 Å². The van der Waals surface area contributed by atoms with Crippen molar-refractivity contribution in [3.8, 4) is 11.9 Å². The molecule has 2 aromatic heterocycles. The lowest BCUT2D eigenvalue weighted by atomic mass is 9.99. The van der Waals surface area contributed by atoms with Crippen molar-refractivity contribution in [1.82, 2.24) is 20.3 Å². The SMILES string of the molecule is N#Cc1ncc(Cc2cc3ccccc3cn2)nc1OCC1CCNCC1. The summed E-state index contributed by atoms with van der Waals surface area (Å²) < 4.78 is 5.87. The van der Waals surface area contributed by atoms with Crippen LogP contribution in [0.1, 0.15) is 29.9 Å². The molecule has 0 amide bonds. The third-order valence-corrected chi connectivity index (χ3v) is 4.86. The molecule has 0 unspecified atom stereocenters. The number of ether oxygens (including phenoxy) is 1. The van der Waals surface area contributed by atoms with Crippen LogP contribution in [0.3, 0.4) is 0 Å². The van der Waals surface area contributed by atoms with Crippen LogP contribution in [0.5, 0.6) is 5.88 Å². The molecule has 0 spiro atoms. The van der Waals surface area contributed by atoms with Crippen LogP contribution in [-0.4, -0.2) is 34.6 Å². The summed E-state index contributed by atoms with van der Waals surface area (Å²) in [4.78, 5) is 13.3. The molecule has 0 radical (unpaired) electrons. The number of piperidine rings is 1. The van der Waals surface area contributed by atoms with Gasteiger partial charge in [0.2, 0.25) is 5.69 Å². The van der Waals surface area contributed by atoms with Crippen molar-refractivity contribution in [2.75, 3.05) is 19.7 Å². The maximum atomic E-state index is 9.30. The Morgan fingerprint density at radius 2 is 1.89 bits per heavy atom. The largest absolute Gasteiger partial charge is 0.475 e. The summed E-state index contributed by atoms with van der Waals surface area (Å²) in [6.45, 7) is 2.60. The second-order valence-electron chi connectivity index (χ2n) is 6.83. The van der Waals surface area contributed by atoms with E-state index in [9.17, 15) is 5.26 Å². The Morgan fingerprint density at radius 1 is 1.07 bits per heavy atom. The van der Waals surface area contributed by atoms with E-state index >= 15 is 0 Å². The highest BCUT2D eigenvalue weighted by Crippen LogP contribution is 2.19. The van der Waals surface area contributed by atoms with Gasteiger partial charge in [-0.2, -0.15) is 5.26 Å². The van der Waals surface area contributed by atoms with Gasteiger partial charge in [0, 0.05) is 23.7 Å². The highest BCUT2D eigenvalue weighted by molar-refractivity contribution is 5.81. The van der Waals surface area contributed by atoms with Gasteiger partial charge in [0.1, 0.15) is 6.07 Å². The number of aromatic nitrogens is 3. The molecule has 0 saturated carbocycles. The first-order chi connectivity index (χ1) is 13.3. The topological polar surface area (TPSA) is 83.7 Å². The second-order valence-corrected chi connectivity index (χ2v) is 6.83. The molecule has 0 bridgehead atoms. The number of hydrogen-bond acceptors (Lipinski definition) is 6. The first-order valence-corrected chi connectivity index (χ1v) is 9.25. The van der Waals surface area contributed by atoms with Crippen LogP contribution >= 0.6 is 0 Å². The fourth-order valence-electron chi connectivity index (χ4n) is 3.33. The second kappa shape index (κ2) is 8.11. The fourth-order valence-corrected chi connectivity index (χ4v) is 3.33. The summed E-state index contributed by atoms with van der Waals surface area (Å²) in [5, 5.41) is 14.9. The minimum atomic E-state index is 0.235. The molecule has 27 heavy (non-hydrogen) atoms. The lowest BCUT2D eigenvalue weighted by Gasteiger charge is -2.22. The van der Waals surface area contributed by atoms with E-state index in [2.05, 4.69) is 38.5 Å². The van der Waals surface area contributed by atoms with Crippen molar-refractivity contribution in [2.24, 2.45) is 5.92 Å². The molecule has 3 heterocycles. The normalized spacial score (nSPS) is 14.8. The summed E-state index contributed by atoms with van der Waals surface area (Å²) in [7, 11) is 0. The Labute approximate surface area is 158 Å². The minimum Gasteiger partial charge on any atom is -0.475 e. The Hall–Kier alpha value is -3.04. The average molecular weight is 359 g/mol. The maximum absolute atomic E-state index is 9.30. The molecule has 0 atom stereocenters. The Morgan fingerprint density at radius 3 is 2.70 bits per heavy atom. The predicted molar refractivity (Wildman–Crippen MR) is 102 cm³/mol. The summed E-state index contributed by atoms with van der Waals surface area (Å²) in [5.41, 5.74) is 1.90. The average Bonchev–Trinajstić information content (AvgIpc) is 2.73. The zero-order valence-corrected chi connectivity index (χ0v) is 15.1. The molecule has 1 aromatic carbocycles. The van der Waals surface area contributed by atoms with Gasteiger partial charge in [0.15, 0.2) is 0 Å². The number of nitrogens with zero attached hydrogens (tertiary/aromatic N) is 4. The Bertz CT molecular complexity index is 976. The van der Waals surface area contributed by atoms with Gasteiger partial charge in [0.25, 0.3) is 5.88 Å². The molecule has 136 valence electrons. The van der Waals surface area contributed by atoms with Gasteiger partial charge in [-0.1, -0.05) is 24.3 Å². The van der Waals surface area contributed by atoms with Crippen LogP contribution in [0.15, 0.2) is 42.7 Å². The van der Waals surface area contributed by atoms with Crippen LogP contribution in [0, 0.1) is 17.2 Å². The maximum Gasteiger partial charge on any atom is 0.251 e. The van der Waals surface area contributed by atoms with Gasteiger partial charge < -0.3 is 10.1 Å². The van der Waals surface area contributed by atoms with E-state index in [1.54, 1.807) is 6.20 Å². The van der Waals surface area contributed by atoms with Crippen LogP contribution in [0.4, 0.5) is 0 Å². The number of nitrogens with one attached hydrogen (secondary N) is 1. The summed E-state index contributed by atoms with van der Waals surface area (Å²) in [6, 6.07) is 12.3. The molecular weight excluding hydrogens is 338 g/mol. The molecule has 6 nitrogen and oxygen atoms in total. The van der Waals surface area contributed by atoms with Gasteiger partial charge in [-0.15, -0.1) is 0 Å². The molecule has 0 aliphatic carbocycles. The molecule has 1 fully saturated rings. The molecule has 4 rings (SSSR count). The smallest absolute Gasteiger partial charge is 0.251 e. The lowest BCUT2D eigenvalue weighted by Crippen LogP contribution is -2.30. The standard InChI is InChI=1S/C21H21N5O/c22-11-20-21(27-14-15-5-7-23-8-6-15)26-19(13-25-20)10-18-9-16-3-1-2-4-17(16)12-24-18/h1-4,9,12-13,15,23H,5-8,10,14H2. The molecule has 1 saturated heterocycles. The van der Waals surface area contributed by atoms with Gasteiger partial charge in [-0.3, -0.25) is 4.98 Å². The fraction of sp³-hybridized carbons (Fsp3) is 0.333. The van der Waals surface area contributed by atoms with Gasteiger partial charge in [-0.05, 0) is 43.3 Å². The van der Waals surface area contributed by atoms with Gasteiger partial charge >= 0.3 is 0 Å². The number of fused-ring (bicyclic) bond motifs is 1. The number of benzene rings is 1. The van der Waals surface area contributed by atoms with E-state index in [-0.39, 0.29) is 5.69 Å². The van der Waals surface area contributed by atoms with Crippen LogP contribution in [-0.2, 0) is 6.42 Å². The number of hydrogen-bond donors (Lipinski definition) is 1. The molecular formula is C21H21N5O. The van der Waals surface area contributed by atoms with Crippen molar-refractivity contribution in [3.63, 3.8) is 0 Å². The van der Waals surface area contributed by atoms with Crippen molar-refractivity contribution < 1.29 is 4.74 Å². The number of rotatable bonds is 5. The number of pyridine rings is 1. The highest BCUT2D eigenvalue weighted by atomic mass is 16.5. The Balaban J connectivity index is 1.51. The zero-order chi connectivity index (χ0) is 18.5. The summed E-state index contributed by atoms with van der Waals surface area (Å²) in [5.74, 6) is 0.819. The van der Waals surface area contributed by atoms with Crippen molar-refractivity contribution >= 4 is 10.8 Å². The molecule has 1 aliphatic rings. The number of nitriles is 1. The first kappa shape index (κ1) is 17.4. The monoisotopic (exact) mass is 359 g/mol. The third kappa shape index (κ3) is 4.21. The third-order valence-electron chi connectivity index (χ3n) is 4.86. The van der Waals surface area contributed by atoms with E-state index in [4.69, 9.17) is 4.74 Å². The van der Waals surface area contributed by atoms with Gasteiger partial charge in [-0.25, -0.2) is 9.97 Å². The molecule has 3 aromatic rings. The minimum absolute atomic E-state index is 0.235. The first-order valence-electron chi connectivity index (χ1n) is 9.25. The van der Waals surface area contributed by atoms with Crippen molar-refractivity contribution in [2.45, 2.75) is 19.3 Å². The quantitative estimate of drug-likeness (QED) is 0.754. The van der Waals surface area contributed by atoms with Crippen LogP contribution in [0.25, 0.3) is 10.8 Å².